The van der Waals surface area contributed by atoms with Crippen LogP contribution in [0.5, 0.6) is 5.75 Å². The Bertz CT molecular complexity index is 319. The Labute approximate surface area is 84.4 Å². The van der Waals surface area contributed by atoms with Crippen LogP contribution in [0.2, 0.25) is 0 Å². The van der Waals surface area contributed by atoms with E-state index in [4.69, 9.17) is 4.74 Å². The molecule has 0 saturated carbocycles. The van der Waals surface area contributed by atoms with E-state index in [2.05, 4.69) is 29.9 Å². The lowest BCUT2D eigenvalue weighted by Gasteiger charge is -2.22. The SMILES string of the molecule is COc1cccc(C2(C)CNNC2)c1. The van der Waals surface area contributed by atoms with E-state index in [9.17, 15) is 0 Å². The highest BCUT2D eigenvalue weighted by Gasteiger charge is 2.30. The van der Waals surface area contributed by atoms with Gasteiger partial charge < -0.3 is 4.74 Å². The van der Waals surface area contributed by atoms with Crippen molar-refractivity contribution in [2.24, 2.45) is 0 Å². The Balaban J connectivity index is 2.30. The van der Waals surface area contributed by atoms with Gasteiger partial charge in [0.25, 0.3) is 0 Å². The van der Waals surface area contributed by atoms with Crippen LogP contribution in [-0.2, 0) is 5.41 Å². The molecule has 1 aromatic carbocycles. The van der Waals surface area contributed by atoms with Crippen molar-refractivity contribution in [3.05, 3.63) is 29.8 Å². The smallest absolute Gasteiger partial charge is 0.119 e. The maximum absolute atomic E-state index is 5.22. The molecule has 1 heterocycles. The predicted molar refractivity (Wildman–Crippen MR) is 56.4 cm³/mol. The minimum absolute atomic E-state index is 0.175. The van der Waals surface area contributed by atoms with E-state index in [0.717, 1.165) is 18.8 Å². The van der Waals surface area contributed by atoms with Crippen LogP contribution >= 0.6 is 0 Å². The molecule has 2 rings (SSSR count). The van der Waals surface area contributed by atoms with Crippen molar-refractivity contribution in [1.29, 1.82) is 0 Å². The van der Waals surface area contributed by atoms with Gasteiger partial charge in [0.2, 0.25) is 0 Å². The van der Waals surface area contributed by atoms with E-state index >= 15 is 0 Å². The standard InChI is InChI=1S/C11H16N2O/c1-11(7-12-13-8-11)9-4-3-5-10(6-9)14-2/h3-6,12-13H,7-8H2,1-2H3. The van der Waals surface area contributed by atoms with Crippen molar-refractivity contribution >= 4 is 0 Å². The molecule has 1 aromatic rings. The fourth-order valence-electron chi connectivity index (χ4n) is 1.78. The van der Waals surface area contributed by atoms with Gasteiger partial charge in [-0.25, -0.2) is 0 Å². The molecule has 0 atom stereocenters. The lowest BCUT2D eigenvalue weighted by atomic mass is 9.83. The van der Waals surface area contributed by atoms with Crippen LogP contribution < -0.4 is 15.6 Å². The Morgan fingerprint density at radius 1 is 1.29 bits per heavy atom. The lowest BCUT2D eigenvalue weighted by Crippen LogP contribution is -2.27. The van der Waals surface area contributed by atoms with Gasteiger partial charge in [-0.05, 0) is 17.7 Å². The van der Waals surface area contributed by atoms with E-state index in [-0.39, 0.29) is 5.41 Å². The van der Waals surface area contributed by atoms with Crippen molar-refractivity contribution in [2.45, 2.75) is 12.3 Å². The summed E-state index contributed by atoms with van der Waals surface area (Å²) in [5.41, 5.74) is 7.81. The van der Waals surface area contributed by atoms with Crippen molar-refractivity contribution in [3.63, 3.8) is 0 Å². The highest BCUT2D eigenvalue weighted by Crippen LogP contribution is 2.27. The maximum atomic E-state index is 5.22. The number of rotatable bonds is 2. The van der Waals surface area contributed by atoms with Crippen molar-refractivity contribution in [2.75, 3.05) is 20.2 Å². The summed E-state index contributed by atoms with van der Waals surface area (Å²) < 4.78 is 5.22. The molecule has 0 unspecified atom stereocenters. The van der Waals surface area contributed by atoms with Gasteiger partial charge in [0.1, 0.15) is 5.75 Å². The van der Waals surface area contributed by atoms with Gasteiger partial charge in [0.05, 0.1) is 7.11 Å². The first-order valence-corrected chi connectivity index (χ1v) is 4.85. The van der Waals surface area contributed by atoms with E-state index in [1.165, 1.54) is 5.56 Å². The first kappa shape index (κ1) is 9.49. The van der Waals surface area contributed by atoms with Crippen LogP contribution in [0.4, 0.5) is 0 Å². The second-order valence-corrected chi connectivity index (χ2v) is 4.00. The third-order valence-corrected chi connectivity index (χ3v) is 2.85. The summed E-state index contributed by atoms with van der Waals surface area (Å²) in [5.74, 6) is 0.927. The van der Waals surface area contributed by atoms with Crippen LogP contribution in [0.1, 0.15) is 12.5 Å². The number of hydrogen-bond acceptors (Lipinski definition) is 3. The highest BCUT2D eigenvalue weighted by molar-refractivity contribution is 5.34. The fraction of sp³-hybridized carbons (Fsp3) is 0.455. The zero-order valence-electron chi connectivity index (χ0n) is 8.63. The second-order valence-electron chi connectivity index (χ2n) is 4.00. The minimum atomic E-state index is 0.175. The zero-order chi connectivity index (χ0) is 10.0. The minimum Gasteiger partial charge on any atom is -0.497 e. The molecule has 3 nitrogen and oxygen atoms in total. The molecule has 0 aromatic heterocycles. The van der Waals surface area contributed by atoms with Gasteiger partial charge >= 0.3 is 0 Å². The number of nitrogens with one attached hydrogen (secondary N) is 2. The number of hydrogen-bond donors (Lipinski definition) is 2. The molecule has 1 aliphatic rings. The third-order valence-electron chi connectivity index (χ3n) is 2.85. The number of benzene rings is 1. The van der Waals surface area contributed by atoms with Gasteiger partial charge in [-0.3, -0.25) is 10.9 Å². The summed E-state index contributed by atoms with van der Waals surface area (Å²) in [7, 11) is 1.70. The molecular formula is C11H16N2O. The molecule has 0 spiro atoms. The fourth-order valence-corrected chi connectivity index (χ4v) is 1.78. The van der Waals surface area contributed by atoms with Crippen LogP contribution in [0, 0.1) is 0 Å². The molecule has 0 bridgehead atoms. The number of methoxy groups -OCH3 is 1. The van der Waals surface area contributed by atoms with Crippen molar-refractivity contribution in [3.8, 4) is 5.75 Å². The molecule has 1 aliphatic heterocycles. The Hall–Kier alpha value is -1.06. The highest BCUT2D eigenvalue weighted by atomic mass is 16.5. The van der Waals surface area contributed by atoms with E-state index in [1.807, 2.05) is 12.1 Å². The van der Waals surface area contributed by atoms with Gasteiger partial charge in [-0.1, -0.05) is 19.1 Å². The van der Waals surface area contributed by atoms with Crippen LogP contribution in [0.3, 0.4) is 0 Å². The van der Waals surface area contributed by atoms with Gasteiger partial charge in [0.15, 0.2) is 0 Å². The summed E-state index contributed by atoms with van der Waals surface area (Å²) >= 11 is 0. The largest absolute Gasteiger partial charge is 0.497 e. The molecular weight excluding hydrogens is 176 g/mol. The molecule has 2 N–H and O–H groups in total. The van der Waals surface area contributed by atoms with Gasteiger partial charge in [-0.2, -0.15) is 0 Å². The monoisotopic (exact) mass is 192 g/mol. The average Bonchev–Trinajstić information content (AvgIpc) is 2.67. The molecule has 76 valence electrons. The first-order valence-electron chi connectivity index (χ1n) is 4.85. The van der Waals surface area contributed by atoms with Crippen molar-refractivity contribution < 1.29 is 4.74 Å². The van der Waals surface area contributed by atoms with E-state index in [1.54, 1.807) is 7.11 Å². The van der Waals surface area contributed by atoms with Crippen LogP contribution in [0.25, 0.3) is 0 Å². The van der Waals surface area contributed by atoms with Crippen molar-refractivity contribution in [1.82, 2.24) is 10.9 Å². The lowest BCUT2D eigenvalue weighted by molar-refractivity contribution is 0.412. The van der Waals surface area contributed by atoms with Gasteiger partial charge in [0, 0.05) is 18.5 Å². The zero-order valence-corrected chi connectivity index (χ0v) is 8.63. The Morgan fingerprint density at radius 2 is 2.00 bits per heavy atom. The summed E-state index contributed by atoms with van der Waals surface area (Å²) in [5, 5.41) is 0. The molecule has 0 amide bonds. The number of ether oxygens (including phenoxy) is 1. The molecule has 3 heteroatoms. The van der Waals surface area contributed by atoms with Crippen LogP contribution in [0.15, 0.2) is 24.3 Å². The number of hydrazine groups is 1. The normalized spacial score (nSPS) is 19.6. The molecule has 0 radical (unpaired) electrons. The molecule has 14 heavy (non-hydrogen) atoms. The quantitative estimate of drug-likeness (QED) is 0.735. The second kappa shape index (κ2) is 3.59. The summed E-state index contributed by atoms with van der Waals surface area (Å²) in [4.78, 5) is 0. The molecule has 1 fully saturated rings. The Morgan fingerprint density at radius 3 is 2.64 bits per heavy atom. The Kier molecular flexibility index (Phi) is 2.44. The van der Waals surface area contributed by atoms with Gasteiger partial charge in [-0.15, -0.1) is 0 Å². The molecule has 0 aliphatic carbocycles. The van der Waals surface area contributed by atoms with E-state index < -0.39 is 0 Å². The van der Waals surface area contributed by atoms with Crippen LogP contribution in [-0.4, -0.2) is 20.2 Å². The maximum Gasteiger partial charge on any atom is 0.119 e. The average molecular weight is 192 g/mol. The first-order chi connectivity index (χ1) is 6.74. The summed E-state index contributed by atoms with van der Waals surface area (Å²) in [6, 6.07) is 8.27. The summed E-state index contributed by atoms with van der Waals surface area (Å²) in [6.45, 7) is 4.16. The van der Waals surface area contributed by atoms with E-state index in [0.29, 0.717) is 0 Å². The molecule has 1 saturated heterocycles. The predicted octanol–water partition coefficient (Wildman–Crippen LogP) is 1.06. The third kappa shape index (κ3) is 1.61. The summed E-state index contributed by atoms with van der Waals surface area (Å²) in [6.07, 6.45) is 0. The topological polar surface area (TPSA) is 33.3 Å².